The third kappa shape index (κ3) is 3.44. The van der Waals surface area contributed by atoms with E-state index in [9.17, 15) is 4.79 Å². The Labute approximate surface area is 113 Å². The Balaban J connectivity index is 2.19. The van der Waals surface area contributed by atoms with E-state index in [0.717, 1.165) is 12.1 Å². The average molecular weight is 263 g/mol. The maximum Gasteiger partial charge on any atom is 0.251 e. The lowest BCUT2D eigenvalue weighted by molar-refractivity contribution is 0.0929. The Morgan fingerprint density at radius 3 is 2.79 bits per heavy atom. The average Bonchev–Trinajstić information content (AvgIpc) is 2.79. The minimum Gasteiger partial charge on any atom is -0.384 e. The second-order valence-electron chi connectivity index (χ2n) is 5.95. The Morgan fingerprint density at radius 2 is 2.21 bits per heavy atom. The van der Waals surface area contributed by atoms with E-state index in [1.807, 2.05) is 26.8 Å². The summed E-state index contributed by atoms with van der Waals surface area (Å²) in [6.45, 7) is 7.42. The van der Waals surface area contributed by atoms with Crippen LogP contribution in [0.5, 0.6) is 0 Å². The van der Waals surface area contributed by atoms with Crippen LogP contribution >= 0.6 is 0 Å². The van der Waals surface area contributed by atoms with Crippen molar-refractivity contribution in [1.29, 1.82) is 0 Å². The molecule has 0 aromatic carbocycles. The van der Waals surface area contributed by atoms with Gasteiger partial charge < -0.3 is 15.8 Å². The zero-order valence-electron chi connectivity index (χ0n) is 11.7. The summed E-state index contributed by atoms with van der Waals surface area (Å²) < 4.78 is 5.24. The van der Waals surface area contributed by atoms with Crippen molar-refractivity contribution in [2.24, 2.45) is 0 Å². The number of ether oxygens (including phenoxy) is 1. The monoisotopic (exact) mass is 263 g/mol. The van der Waals surface area contributed by atoms with Crippen LogP contribution in [0.1, 0.15) is 43.2 Å². The molecular weight excluding hydrogens is 242 g/mol. The van der Waals surface area contributed by atoms with Crippen LogP contribution in [0.3, 0.4) is 0 Å². The molecule has 2 heterocycles. The molecule has 1 aromatic heterocycles. The lowest BCUT2D eigenvalue weighted by atomic mass is 9.90. The van der Waals surface area contributed by atoms with Crippen LogP contribution in [-0.2, 0) is 10.2 Å². The van der Waals surface area contributed by atoms with Gasteiger partial charge in [0.05, 0.1) is 12.6 Å². The van der Waals surface area contributed by atoms with Crippen LogP contribution in [0, 0.1) is 0 Å². The topological polar surface area (TPSA) is 77.2 Å². The van der Waals surface area contributed by atoms with Gasteiger partial charge in [0.15, 0.2) is 0 Å². The number of anilines is 1. The molecule has 0 saturated carbocycles. The van der Waals surface area contributed by atoms with E-state index < -0.39 is 0 Å². The Hall–Kier alpha value is -1.62. The number of nitrogens with two attached hydrogens (primary N) is 1. The number of rotatable bonds is 2. The van der Waals surface area contributed by atoms with Crippen LogP contribution in [0.4, 0.5) is 5.82 Å². The summed E-state index contributed by atoms with van der Waals surface area (Å²) in [5, 5.41) is 2.95. The largest absolute Gasteiger partial charge is 0.384 e. The fourth-order valence-electron chi connectivity index (χ4n) is 1.98. The van der Waals surface area contributed by atoms with E-state index in [1.165, 1.54) is 0 Å². The number of hydrogen-bond donors (Lipinski definition) is 2. The minimum absolute atomic E-state index is 0.0972. The predicted molar refractivity (Wildman–Crippen MR) is 74.0 cm³/mol. The molecule has 0 bridgehead atoms. The van der Waals surface area contributed by atoms with Crippen LogP contribution < -0.4 is 11.1 Å². The molecule has 1 fully saturated rings. The molecule has 1 aliphatic rings. The molecule has 0 radical (unpaired) electrons. The van der Waals surface area contributed by atoms with Gasteiger partial charge in [-0.2, -0.15) is 0 Å². The first kappa shape index (κ1) is 13.8. The Morgan fingerprint density at radius 1 is 1.47 bits per heavy atom. The van der Waals surface area contributed by atoms with Crippen LogP contribution in [-0.4, -0.2) is 30.1 Å². The summed E-state index contributed by atoms with van der Waals surface area (Å²) in [7, 11) is 0. The van der Waals surface area contributed by atoms with E-state index >= 15 is 0 Å². The third-order valence-electron chi connectivity index (χ3n) is 3.14. The number of aromatic nitrogens is 1. The molecule has 3 N–H and O–H groups in total. The Kier molecular flexibility index (Phi) is 3.75. The first-order valence-corrected chi connectivity index (χ1v) is 6.53. The maximum absolute atomic E-state index is 12.2. The zero-order valence-corrected chi connectivity index (χ0v) is 11.7. The molecule has 1 amide bonds. The van der Waals surface area contributed by atoms with Crippen molar-refractivity contribution in [2.45, 2.75) is 38.6 Å². The Bertz CT molecular complexity index is 474. The van der Waals surface area contributed by atoms with Crippen LogP contribution in [0.2, 0.25) is 0 Å². The van der Waals surface area contributed by atoms with Gasteiger partial charge in [0.1, 0.15) is 5.82 Å². The van der Waals surface area contributed by atoms with Crippen molar-refractivity contribution in [2.75, 3.05) is 18.9 Å². The van der Waals surface area contributed by atoms with Gasteiger partial charge in [-0.3, -0.25) is 4.79 Å². The van der Waals surface area contributed by atoms with Crippen molar-refractivity contribution in [3.8, 4) is 0 Å². The molecule has 1 aromatic rings. The van der Waals surface area contributed by atoms with Gasteiger partial charge in [0, 0.05) is 23.3 Å². The maximum atomic E-state index is 12.2. The molecule has 5 heteroatoms. The fraction of sp³-hybridized carbons (Fsp3) is 0.571. The second-order valence-corrected chi connectivity index (χ2v) is 5.95. The standard InChI is InChI=1S/C14H21N3O2/c1-14(2,3)11-6-9(7-12(15)17-11)13(18)16-10-4-5-19-8-10/h6-7,10H,4-5,8H2,1-3H3,(H2,15,17)(H,16,18). The van der Waals surface area contributed by atoms with E-state index in [-0.39, 0.29) is 17.4 Å². The molecular formula is C14H21N3O2. The van der Waals surface area contributed by atoms with E-state index in [1.54, 1.807) is 6.07 Å². The smallest absolute Gasteiger partial charge is 0.251 e. The van der Waals surface area contributed by atoms with E-state index in [2.05, 4.69) is 10.3 Å². The number of nitrogens with one attached hydrogen (secondary N) is 1. The van der Waals surface area contributed by atoms with Crippen molar-refractivity contribution in [3.63, 3.8) is 0 Å². The normalized spacial score (nSPS) is 19.4. The second kappa shape index (κ2) is 5.17. The highest BCUT2D eigenvalue weighted by Gasteiger charge is 2.21. The summed E-state index contributed by atoms with van der Waals surface area (Å²) in [5.74, 6) is 0.260. The predicted octanol–water partition coefficient (Wildman–Crippen LogP) is 1.48. The molecule has 1 saturated heterocycles. The lowest BCUT2D eigenvalue weighted by Gasteiger charge is -2.19. The number of hydrogen-bond acceptors (Lipinski definition) is 4. The third-order valence-corrected chi connectivity index (χ3v) is 3.14. The number of carbonyl (C=O) groups is 1. The molecule has 1 unspecified atom stereocenters. The molecule has 2 rings (SSSR count). The number of pyridine rings is 1. The summed E-state index contributed by atoms with van der Waals surface area (Å²) in [6, 6.07) is 3.52. The summed E-state index contributed by atoms with van der Waals surface area (Å²) in [4.78, 5) is 16.5. The molecule has 104 valence electrons. The number of carbonyl (C=O) groups excluding carboxylic acids is 1. The van der Waals surface area contributed by atoms with Crippen LogP contribution in [0.25, 0.3) is 0 Å². The molecule has 1 aliphatic heterocycles. The summed E-state index contributed by atoms with van der Waals surface area (Å²) in [5.41, 5.74) is 7.03. The molecule has 5 nitrogen and oxygen atoms in total. The van der Waals surface area contributed by atoms with Gasteiger partial charge in [-0.05, 0) is 18.6 Å². The van der Waals surface area contributed by atoms with Gasteiger partial charge >= 0.3 is 0 Å². The molecule has 1 atom stereocenters. The number of amides is 1. The molecule has 0 aliphatic carbocycles. The summed E-state index contributed by atoms with van der Waals surface area (Å²) >= 11 is 0. The quantitative estimate of drug-likeness (QED) is 0.847. The van der Waals surface area contributed by atoms with Crippen molar-refractivity contribution in [3.05, 3.63) is 23.4 Å². The molecule has 0 spiro atoms. The van der Waals surface area contributed by atoms with Crippen molar-refractivity contribution in [1.82, 2.24) is 10.3 Å². The van der Waals surface area contributed by atoms with E-state index in [0.29, 0.717) is 24.6 Å². The van der Waals surface area contributed by atoms with Gasteiger partial charge in [-0.1, -0.05) is 20.8 Å². The highest BCUT2D eigenvalue weighted by molar-refractivity contribution is 5.95. The fourth-order valence-corrected chi connectivity index (χ4v) is 1.98. The highest BCUT2D eigenvalue weighted by Crippen LogP contribution is 2.22. The van der Waals surface area contributed by atoms with Crippen molar-refractivity contribution >= 4 is 11.7 Å². The van der Waals surface area contributed by atoms with Gasteiger partial charge in [-0.15, -0.1) is 0 Å². The minimum atomic E-state index is -0.138. The van der Waals surface area contributed by atoms with Crippen molar-refractivity contribution < 1.29 is 9.53 Å². The summed E-state index contributed by atoms with van der Waals surface area (Å²) in [6.07, 6.45) is 0.860. The number of nitrogen functional groups attached to an aromatic ring is 1. The van der Waals surface area contributed by atoms with Crippen LogP contribution in [0.15, 0.2) is 12.1 Å². The number of nitrogens with zero attached hydrogens (tertiary/aromatic N) is 1. The first-order valence-electron chi connectivity index (χ1n) is 6.53. The van der Waals surface area contributed by atoms with Gasteiger partial charge in [0.25, 0.3) is 5.91 Å². The molecule has 19 heavy (non-hydrogen) atoms. The SMILES string of the molecule is CC(C)(C)c1cc(C(=O)NC2CCOC2)cc(N)n1. The van der Waals surface area contributed by atoms with Gasteiger partial charge in [-0.25, -0.2) is 4.98 Å². The van der Waals surface area contributed by atoms with Gasteiger partial charge in [0.2, 0.25) is 0 Å². The zero-order chi connectivity index (χ0) is 14.0. The first-order chi connectivity index (χ1) is 8.86. The van der Waals surface area contributed by atoms with E-state index in [4.69, 9.17) is 10.5 Å². The lowest BCUT2D eigenvalue weighted by Crippen LogP contribution is -2.35. The highest BCUT2D eigenvalue weighted by atomic mass is 16.5.